The molecule has 0 aliphatic carbocycles. The van der Waals surface area contributed by atoms with Crippen LogP contribution in [0, 0.1) is 0 Å². The molecule has 0 bridgehead atoms. The van der Waals surface area contributed by atoms with E-state index in [2.05, 4.69) is 6.92 Å². The quantitative estimate of drug-likeness (QED) is 0.218. The minimum atomic E-state index is -3.52. The normalized spacial score (nSPS) is 12.6. The minimum Gasteiger partial charge on any atom is -0.330 e. The maximum absolute atomic E-state index is 12.1. The van der Waals surface area contributed by atoms with Crippen molar-refractivity contribution in [2.75, 3.05) is 13.2 Å². The molecule has 0 spiro atoms. The SMILES string of the molecule is CCCCCCCCCCCCCCCCOS(=O)(=O)C(C)(C)CCN. The Balaban J connectivity index is 3.41. The van der Waals surface area contributed by atoms with Gasteiger partial charge in [0.25, 0.3) is 10.1 Å². The fraction of sp³-hybridized carbons (Fsp3) is 1.00. The van der Waals surface area contributed by atoms with Crippen molar-refractivity contribution in [3.05, 3.63) is 0 Å². The van der Waals surface area contributed by atoms with E-state index in [9.17, 15) is 8.42 Å². The first kappa shape index (κ1) is 25.9. The van der Waals surface area contributed by atoms with Crippen molar-refractivity contribution in [1.29, 1.82) is 0 Å². The van der Waals surface area contributed by atoms with Crippen molar-refractivity contribution < 1.29 is 12.6 Å². The summed E-state index contributed by atoms with van der Waals surface area (Å²) < 4.78 is 28.5. The molecule has 26 heavy (non-hydrogen) atoms. The zero-order valence-electron chi connectivity index (χ0n) is 17.7. The summed E-state index contributed by atoms with van der Waals surface area (Å²) in [6.07, 6.45) is 18.5. The van der Waals surface area contributed by atoms with Crippen molar-refractivity contribution in [2.24, 2.45) is 5.73 Å². The smallest absolute Gasteiger partial charge is 0.272 e. The second-order valence-corrected chi connectivity index (χ2v) is 10.4. The summed E-state index contributed by atoms with van der Waals surface area (Å²) in [6, 6.07) is 0. The molecule has 0 rings (SSSR count). The molecule has 0 aromatic carbocycles. The Bertz CT molecular complexity index is 407. The lowest BCUT2D eigenvalue weighted by atomic mass is 10.0. The Morgan fingerprint density at radius 3 is 1.50 bits per heavy atom. The minimum absolute atomic E-state index is 0.300. The van der Waals surface area contributed by atoms with E-state index >= 15 is 0 Å². The predicted molar refractivity (Wildman–Crippen MR) is 113 cm³/mol. The van der Waals surface area contributed by atoms with Gasteiger partial charge in [-0.3, -0.25) is 4.18 Å². The average Bonchev–Trinajstić information content (AvgIpc) is 2.58. The molecule has 0 amide bonds. The van der Waals surface area contributed by atoms with Gasteiger partial charge in [-0.1, -0.05) is 90.4 Å². The third kappa shape index (κ3) is 13.1. The van der Waals surface area contributed by atoms with Gasteiger partial charge in [0.1, 0.15) is 0 Å². The molecule has 0 saturated heterocycles. The summed E-state index contributed by atoms with van der Waals surface area (Å²) in [5.74, 6) is 0. The van der Waals surface area contributed by atoms with E-state index in [-0.39, 0.29) is 0 Å². The lowest BCUT2D eigenvalue weighted by Crippen LogP contribution is -2.35. The van der Waals surface area contributed by atoms with Crippen LogP contribution in [0.2, 0.25) is 0 Å². The molecule has 0 aliphatic heterocycles. The van der Waals surface area contributed by atoms with Crippen molar-refractivity contribution in [3.63, 3.8) is 0 Å². The number of rotatable bonds is 19. The van der Waals surface area contributed by atoms with Gasteiger partial charge in [-0.15, -0.1) is 0 Å². The van der Waals surface area contributed by atoms with Gasteiger partial charge in [0.05, 0.1) is 11.4 Å². The van der Waals surface area contributed by atoms with E-state index in [1.165, 1.54) is 77.0 Å². The first-order valence-electron chi connectivity index (χ1n) is 11.0. The summed E-state index contributed by atoms with van der Waals surface area (Å²) in [5, 5.41) is 0. The molecule has 0 aromatic heterocycles. The Kier molecular flexibility index (Phi) is 15.8. The summed E-state index contributed by atoms with van der Waals surface area (Å²) in [7, 11) is -3.52. The van der Waals surface area contributed by atoms with Crippen LogP contribution in [-0.4, -0.2) is 26.3 Å². The lowest BCUT2D eigenvalue weighted by Gasteiger charge is -2.23. The van der Waals surface area contributed by atoms with Crippen LogP contribution in [0.15, 0.2) is 0 Å². The van der Waals surface area contributed by atoms with Crippen molar-refractivity contribution in [2.45, 2.75) is 122 Å². The van der Waals surface area contributed by atoms with Gasteiger partial charge in [0.15, 0.2) is 0 Å². The molecule has 158 valence electrons. The molecule has 0 atom stereocenters. The number of hydrogen-bond donors (Lipinski definition) is 1. The third-order valence-corrected chi connectivity index (χ3v) is 7.19. The highest BCUT2D eigenvalue weighted by Gasteiger charge is 2.34. The third-order valence-electron chi connectivity index (χ3n) is 5.16. The number of hydrogen-bond acceptors (Lipinski definition) is 4. The van der Waals surface area contributed by atoms with E-state index in [0.717, 1.165) is 12.8 Å². The fourth-order valence-electron chi connectivity index (χ4n) is 3.10. The molecular formula is C21H45NO3S. The molecule has 0 aromatic rings. The van der Waals surface area contributed by atoms with Gasteiger partial charge in [0, 0.05) is 0 Å². The molecular weight excluding hydrogens is 346 g/mol. The van der Waals surface area contributed by atoms with Crippen molar-refractivity contribution in [1.82, 2.24) is 0 Å². The first-order valence-corrected chi connectivity index (χ1v) is 12.4. The van der Waals surface area contributed by atoms with Crippen LogP contribution in [0.5, 0.6) is 0 Å². The van der Waals surface area contributed by atoms with Gasteiger partial charge >= 0.3 is 0 Å². The molecule has 0 radical (unpaired) electrons. The van der Waals surface area contributed by atoms with Crippen LogP contribution in [0.1, 0.15) is 117 Å². The molecule has 2 N–H and O–H groups in total. The van der Waals surface area contributed by atoms with E-state index < -0.39 is 14.9 Å². The molecule has 0 saturated carbocycles. The highest BCUT2D eigenvalue weighted by Crippen LogP contribution is 2.22. The van der Waals surface area contributed by atoms with Crippen LogP contribution in [0.3, 0.4) is 0 Å². The first-order chi connectivity index (χ1) is 12.4. The van der Waals surface area contributed by atoms with E-state index in [4.69, 9.17) is 9.92 Å². The van der Waals surface area contributed by atoms with Crippen LogP contribution in [-0.2, 0) is 14.3 Å². The van der Waals surface area contributed by atoms with Crippen LogP contribution in [0.25, 0.3) is 0 Å². The zero-order valence-corrected chi connectivity index (χ0v) is 18.5. The van der Waals surface area contributed by atoms with E-state index in [0.29, 0.717) is 19.6 Å². The molecule has 0 unspecified atom stereocenters. The Labute approximate surface area is 163 Å². The molecule has 0 aliphatic rings. The monoisotopic (exact) mass is 391 g/mol. The maximum atomic E-state index is 12.1. The fourth-order valence-corrected chi connectivity index (χ4v) is 4.12. The summed E-state index contributed by atoms with van der Waals surface area (Å²) in [6.45, 7) is 6.28. The lowest BCUT2D eigenvalue weighted by molar-refractivity contribution is 0.289. The largest absolute Gasteiger partial charge is 0.330 e. The molecule has 0 heterocycles. The van der Waals surface area contributed by atoms with Gasteiger partial charge in [-0.2, -0.15) is 8.42 Å². The topological polar surface area (TPSA) is 69.4 Å². The van der Waals surface area contributed by atoms with Gasteiger partial charge in [-0.25, -0.2) is 0 Å². The number of nitrogens with two attached hydrogens (primary N) is 1. The second-order valence-electron chi connectivity index (χ2n) is 8.17. The van der Waals surface area contributed by atoms with Crippen LogP contribution < -0.4 is 5.73 Å². The summed E-state index contributed by atoms with van der Waals surface area (Å²) in [4.78, 5) is 0. The molecule has 0 fully saturated rings. The Morgan fingerprint density at radius 2 is 1.12 bits per heavy atom. The second kappa shape index (κ2) is 15.9. The van der Waals surface area contributed by atoms with Crippen LogP contribution in [0.4, 0.5) is 0 Å². The number of unbranched alkanes of at least 4 members (excludes halogenated alkanes) is 13. The summed E-state index contributed by atoms with van der Waals surface area (Å²) >= 11 is 0. The molecule has 4 nitrogen and oxygen atoms in total. The average molecular weight is 392 g/mol. The van der Waals surface area contributed by atoms with Gasteiger partial charge in [-0.05, 0) is 33.2 Å². The van der Waals surface area contributed by atoms with Gasteiger partial charge in [0.2, 0.25) is 0 Å². The highest BCUT2D eigenvalue weighted by molar-refractivity contribution is 7.88. The standard InChI is InChI=1S/C21H45NO3S/c1-4-5-6-7-8-9-10-11-12-13-14-15-16-17-20-25-26(23,24)21(2,3)18-19-22/h4-20,22H2,1-3H3. The van der Waals surface area contributed by atoms with Crippen molar-refractivity contribution >= 4 is 10.1 Å². The van der Waals surface area contributed by atoms with Crippen molar-refractivity contribution in [3.8, 4) is 0 Å². The van der Waals surface area contributed by atoms with E-state index in [1.807, 2.05) is 0 Å². The highest BCUT2D eigenvalue weighted by atomic mass is 32.2. The summed E-state index contributed by atoms with van der Waals surface area (Å²) in [5.41, 5.74) is 5.48. The van der Waals surface area contributed by atoms with Gasteiger partial charge < -0.3 is 5.73 Å². The van der Waals surface area contributed by atoms with E-state index in [1.54, 1.807) is 13.8 Å². The zero-order chi connectivity index (χ0) is 19.7. The predicted octanol–water partition coefficient (Wildman–Crippen LogP) is 5.94. The Morgan fingerprint density at radius 1 is 0.731 bits per heavy atom. The molecule has 5 heteroatoms. The maximum Gasteiger partial charge on any atom is 0.272 e. The van der Waals surface area contributed by atoms with Crippen LogP contribution >= 0.6 is 0 Å². The Hall–Kier alpha value is -0.130.